The zero-order valence-electron chi connectivity index (χ0n) is 3.84. The summed E-state index contributed by atoms with van der Waals surface area (Å²) in [7, 11) is 0. The third kappa shape index (κ3) is 5.81. The molecule has 40 valence electrons. The van der Waals surface area contributed by atoms with Crippen molar-refractivity contribution in [2.75, 3.05) is 0 Å². The normalized spacial score (nSPS) is 12.0. The van der Waals surface area contributed by atoms with Crippen molar-refractivity contribution in [3.8, 4) is 0 Å². The molecule has 0 spiro atoms. The molecule has 0 aliphatic carbocycles. The van der Waals surface area contributed by atoms with Crippen LogP contribution in [0.2, 0.25) is 0 Å². The van der Waals surface area contributed by atoms with E-state index < -0.39 is 0 Å². The second kappa shape index (κ2) is 5.81. The summed E-state index contributed by atoms with van der Waals surface area (Å²) in [6, 6.07) is 0. The fourth-order valence-electron chi connectivity index (χ4n) is 0.105. The molecule has 0 bridgehead atoms. The van der Waals surface area contributed by atoms with Gasteiger partial charge >= 0.3 is 0 Å². The standard InChI is InChI=1S/C4H7IN2/c1-2-7-5-3-4-6/h2-4H,1,6H2. The van der Waals surface area contributed by atoms with Gasteiger partial charge in [-0.3, -0.25) is 0 Å². The van der Waals surface area contributed by atoms with Crippen molar-refractivity contribution < 1.29 is 0 Å². The monoisotopic (exact) mass is 210 g/mol. The van der Waals surface area contributed by atoms with Gasteiger partial charge in [-0.2, -0.15) is 0 Å². The summed E-state index contributed by atoms with van der Waals surface area (Å²) >= 11 is -0.174. The van der Waals surface area contributed by atoms with Crippen LogP contribution in [0.1, 0.15) is 0 Å². The molecule has 2 nitrogen and oxygen atoms in total. The molecule has 0 heterocycles. The van der Waals surface area contributed by atoms with E-state index in [4.69, 9.17) is 5.73 Å². The topological polar surface area (TPSA) is 38.4 Å². The largest absolute Gasteiger partial charge is 0.404 e. The van der Waals surface area contributed by atoms with Crippen molar-refractivity contribution in [1.29, 1.82) is 0 Å². The van der Waals surface area contributed by atoms with Gasteiger partial charge in [0, 0.05) is 37.5 Å². The zero-order valence-corrected chi connectivity index (χ0v) is 6.00. The molecule has 2 N–H and O–H groups in total. The fraction of sp³-hybridized carbons (Fsp3) is 0. The van der Waals surface area contributed by atoms with Crippen molar-refractivity contribution in [2.45, 2.75) is 0 Å². The lowest BCUT2D eigenvalue weighted by Gasteiger charge is -1.65. The van der Waals surface area contributed by atoms with E-state index in [1.54, 1.807) is 6.20 Å². The molecule has 0 aromatic carbocycles. The van der Waals surface area contributed by atoms with Crippen molar-refractivity contribution in [3.05, 3.63) is 23.1 Å². The lowest BCUT2D eigenvalue weighted by molar-refractivity contribution is 1.64. The summed E-state index contributed by atoms with van der Waals surface area (Å²) < 4.78 is 5.73. The average Bonchev–Trinajstić information content (AvgIpc) is 1.69. The van der Waals surface area contributed by atoms with Gasteiger partial charge in [0.25, 0.3) is 0 Å². The quantitative estimate of drug-likeness (QED) is 0.692. The van der Waals surface area contributed by atoms with Crippen LogP contribution >= 0.6 is 21.0 Å². The summed E-state index contributed by atoms with van der Waals surface area (Å²) in [4.78, 5) is 0. The molecule has 0 aromatic rings. The first-order chi connectivity index (χ1) is 3.41. The fourth-order valence-corrected chi connectivity index (χ4v) is 0.704. The van der Waals surface area contributed by atoms with E-state index >= 15 is 0 Å². The molecule has 0 aromatic heterocycles. The Morgan fingerprint density at radius 2 is 2.43 bits per heavy atom. The maximum absolute atomic E-state index is 5.02. The Bertz CT molecular complexity index is 95.9. The Morgan fingerprint density at radius 1 is 1.71 bits per heavy atom. The molecule has 0 radical (unpaired) electrons. The van der Waals surface area contributed by atoms with Crippen LogP contribution in [0.4, 0.5) is 0 Å². The predicted molar refractivity (Wildman–Crippen MR) is 40.0 cm³/mol. The zero-order chi connectivity index (χ0) is 5.54. The van der Waals surface area contributed by atoms with Crippen LogP contribution in [0.15, 0.2) is 26.2 Å². The summed E-state index contributed by atoms with van der Waals surface area (Å²) in [6.07, 6.45) is 3.06. The van der Waals surface area contributed by atoms with Gasteiger partial charge in [0.05, 0.1) is 0 Å². The minimum atomic E-state index is -0.174. The number of halogens is 1. The number of rotatable bonds is 2. The first kappa shape index (κ1) is 6.81. The Hall–Kier alpha value is -0.190. The molecule has 0 saturated heterocycles. The molecule has 0 rings (SSSR count). The van der Waals surface area contributed by atoms with Crippen LogP contribution in [-0.2, 0) is 0 Å². The van der Waals surface area contributed by atoms with Crippen LogP contribution in [0.5, 0.6) is 0 Å². The van der Waals surface area contributed by atoms with E-state index in [1.807, 2.05) is 4.08 Å². The van der Waals surface area contributed by atoms with Gasteiger partial charge in [0.15, 0.2) is 0 Å². The highest BCUT2D eigenvalue weighted by molar-refractivity contribution is 14.2. The van der Waals surface area contributed by atoms with Gasteiger partial charge in [-0.05, 0) is 0 Å². The van der Waals surface area contributed by atoms with E-state index in [0.29, 0.717) is 0 Å². The summed E-state index contributed by atoms with van der Waals surface area (Å²) in [5, 5.41) is 0. The number of nitrogens with zero attached hydrogens (tertiary/aromatic N) is 1. The SMILES string of the molecule is C=CN=IC=CN. The third-order valence-corrected chi connectivity index (χ3v) is 1.71. The van der Waals surface area contributed by atoms with Gasteiger partial charge in [0.1, 0.15) is 0 Å². The highest BCUT2D eigenvalue weighted by Crippen LogP contribution is 1.99. The third-order valence-electron chi connectivity index (χ3n) is 0.254. The second-order valence-electron chi connectivity index (χ2n) is 0.696. The summed E-state index contributed by atoms with van der Waals surface area (Å²) in [5.41, 5.74) is 5.02. The first-order valence-electron chi connectivity index (χ1n) is 1.72. The number of nitrogens with two attached hydrogens (primary N) is 1. The molecule has 0 atom stereocenters. The second-order valence-corrected chi connectivity index (χ2v) is 2.53. The van der Waals surface area contributed by atoms with Crippen molar-refractivity contribution >= 4 is 21.0 Å². The first-order valence-corrected chi connectivity index (χ1v) is 3.93. The Morgan fingerprint density at radius 3 is 2.86 bits per heavy atom. The average molecular weight is 210 g/mol. The molecule has 0 aliphatic rings. The molecule has 0 amide bonds. The lowest BCUT2D eigenvalue weighted by atomic mass is 11.1. The van der Waals surface area contributed by atoms with E-state index in [9.17, 15) is 0 Å². The molecular formula is C4H7IN2. The molecule has 7 heavy (non-hydrogen) atoms. The van der Waals surface area contributed by atoms with Crippen LogP contribution in [0.25, 0.3) is 0 Å². The predicted octanol–water partition coefficient (Wildman–Crippen LogP) is 1.71. The van der Waals surface area contributed by atoms with E-state index in [-0.39, 0.29) is 21.0 Å². The Balaban J connectivity index is 3.27. The van der Waals surface area contributed by atoms with Crippen LogP contribution in [-0.4, -0.2) is 0 Å². The van der Waals surface area contributed by atoms with Gasteiger partial charge in [-0.1, -0.05) is 6.58 Å². The maximum Gasteiger partial charge on any atom is 0.0257 e. The van der Waals surface area contributed by atoms with Crippen LogP contribution in [0.3, 0.4) is 0 Å². The molecule has 0 aliphatic heterocycles. The molecule has 0 saturated carbocycles. The van der Waals surface area contributed by atoms with Crippen LogP contribution < -0.4 is 5.73 Å². The van der Waals surface area contributed by atoms with E-state index in [0.717, 1.165) is 0 Å². The summed E-state index contributed by atoms with van der Waals surface area (Å²) in [6.45, 7) is 3.42. The molecule has 0 unspecified atom stereocenters. The van der Waals surface area contributed by atoms with Gasteiger partial charge in [-0.25, -0.2) is 3.15 Å². The van der Waals surface area contributed by atoms with Gasteiger partial charge in [0.2, 0.25) is 0 Å². The highest BCUT2D eigenvalue weighted by Gasteiger charge is 1.53. The van der Waals surface area contributed by atoms with Gasteiger partial charge in [-0.15, -0.1) is 0 Å². The smallest absolute Gasteiger partial charge is 0.0257 e. The Kier molecular flexibility index (Phi) is 5.65. The molecular weight excluding hydrogens is 203 g/mol. The minimum absolute atomic E-state index is 0.174. The molecule has 3 heteroatoms. The van der Waals surface area contributed by atoms with E-state index in [2.05, 4.69) is 9.72 Å². The maximum atomic E-state index is 5.02. The lowest BCUT2D eigenvalue weighted by Crippen LogP contribution is -1.69. The summed E-state index contributed by atoms with van der Waals surface area (Å²) in [5.74, 6) is 0. The van der Waals surface area contributed by atoms with Crippen LogP contribution in [0, 0.1) is 0 Å². The highest BCUT2D eigenvalue weighted by atomic mass is 127. The molecule has 0 fully saturated rings. The van der Waals surface area contributed by atoms with Crippen molar-refractivity contribution in [2.24, 2.45) is 8.88 Å². The Labute approximate surface area is 53.3 Å². The number of hydrogen-bond acceptors (Lipinski definition) is 2. The number of hydrogen-bond donors (Lipinski definition) is 1. The van der Waals surface area contributed by atoms with Crippen molar-refractivity contribution in [1.82, 2.24) is 0 Å². The minimum Gasteiger partial charge on any atom is -0.404 e. The van der Waals surface area contributed by atoms with E-state index in [1.165, 1.54) is 6.20 Å². The van der Waals surface area contributed by atoms with Gasteiger partial charge < -0.3 is 5.73 Å². The van der Waals surface area contributed by atoms with Crippen molar-refractivity contribution in [3.63, 3.8) is 0 Å².